The van der Waals surface area contributed by atoms with Crippen LogP contribution in [0.25, 0.3) is 0 Å². The largest absolute Gasteiger partial charge is 0.453 e. The Labute approximate surface area is 194 Å². The number of hydrazone groups is 1. The number of benzene rings is 3. The van der Waals surface area contributed by atoms with Crippen molar-refractivity contribution in [3.05, 3.63) is 92.1 Å². The number of hydrogen-bond acceptors (Lipinski definition) is 4. The maximum Gasteiger partial charge on any atom is 0.306 e. The topological polar surface area (TPSA) is 53.9 Å². The van der Waals surface area contributed by atoms with Crippen LogP contribution >= 0.6 is 31.9 Å². The number of ether oxygens (including phenoxy) is 1. The Morgan fingerprint density at radius 3 is 2.61 bits per heavy atom. The summed E-state index contributed by atoms with van der Waals surface area (Å²) in [5.41, 5.74) is 2.50. The lowest BCUT2D eigenvalue weighted by Gasteiger charge is -2.44. The van der Waals surface area contributed by atoms with Crippen molar-refractivity contribution < 1.29 is 13.9 Å². The van der Waals surface area contributed by atoms with Gasteiger partial charge in [-0.15, -0.1) is 0 Å². The van der Waals surface area contributed by atoms with E-state index in [1.807, 2.05) is 36.4 Å². The molecule has 3 aromatic rings. The SMILES string of the molecule is O=C1Nc2ccc(Br)cc2C12Oc1ccc(Br)cc1C1CC(c3ccc(F)cc3)=NN12. The average Bonchev–Trinajstić information content (AvgIpc) is 3.31. The number of carbonyl (C=O) groups is 1. The van der Waals surface area contributed by atoms with Crippen LogP contribution < -0.4 is 10.1 Å². The predicted molar refractivity (Wildman–Crippen MR) is 121 cm³/mol. The van der Waals surface area contributed by atoms with Crippen LogP contribution in [0.2, 0.25) is 0 Å². The van der Waals surface area contributed by atoms with E-state index in [9.17, 15) is 9.18 Å². The van der Waals surface area contributed by atoms with Crippen molar-refractivity contribution in [2.45, 2.75) is 18.2 Å². The highest BCUT2D eigenvalue weighted by Gasteiger charge is 2.61. The summed E-state index contributed by atoms with van der Waals surface area (Å²) in [6.07, 6.45) is 0.566. The fraction of sp³-hybridized carbons (Fsp3) is 0.130. The number of nitrogens with one attached hydrogen (secondary N) is 1. The second-order valence-electron chi connectivity index (χ2n) is 7.69. The van der Waals surface area contributed by atoms with E-state index in [1.54, 1.807) is 17.1 Å². The number of halogens is 3. The molecule has 0 fully saturated rings. The molecule has 0 aromatic heterocycles. The minimum absolute atomic E-state index is 0.211. The third-order valence-corrected chi connectivity index (χ3v) is 6.89. The highest BCUT2D eigenvalue weighted by atomic mass is 79.9. The van der Waals surface area contributed by atoms with Gasteiger partial charge in [-0.3, -0.25) is 4.79 Å². The zero-order chi connectivity index (χ0) is 21.3. The zero-order valence-electron chi connectivity index (χ0n) is 15.9. The molecule has 31 heavy (non-hydrogen) atoms. The average molecular weight is 543 g/mol. The fourth-order valence-electron chi connectivity index (χ4n) is 4.50. The van der Waals surface area contributed by atoms with Crippen LogP contribution in [0.5, 0.6) is 5.75 Å². The number of rotatable bonds is 1. The van der Waals surface area contributed by atoms with Gasteiger partial charge in [-0.2, -0.15) is 5.10 Å². The molecule has 2 unspecified atom stereocenters. The molecule has 0 bridgehead atoms. The molecule has 3 heterocycles. The Balaban J connectivity index is 1.58. The molecule has 3 aliphatic rings. The molecule has 5 nitrogen and oxygen atoms in total. The Morgan fingerprint density at radius 2 is 1.81 bits per heavy atom. The molecule has 0 saturated heterocycles. The lowest BCUT2D eigenvalue weighted by molar-refractivity contribution is -0.161. The van der Waals surface area contributed by atoms with Crippen molar-refractivity contribution in [1.82, 2.24) is 5.01 Å². The normalized spacial score (nSPS) is 23.1. The van der Waals surface area contributed by atoms with Crippen molar-refractivity contribution in [2.75, 3.05) is 5.32 Å². The Morgan fingerprint density at radius 1 is 1.06 bits per heavy atom. The number of fused-ring (bicyclic) bond motifs is 6. The Bertz CT molecular complexity index is 1290. The van der Waals surface area contributed by atoms with Crippen LogP contribution in [-0.4, -0.2) is 16.6 Å². The van der Waals surface area contributed by atoms with Crippen LogP contribution in [0.4, 0.5) is 10.1 Å². The van der Waals surface area contributed by atoms with Crippen LogP contribution in [0, 0.1) is 5.82 Å². The zero-order valence-corrected chi connectivity index (χ0v) is 19.1. The third kappa shape index (κ3) is 2.71. The summed E-state index contributed by atoms with van der Waals surface area (Å²) >= 11 is 7.05. The van der Waals surface area contributed by atoms with Gasteiger partial charge in [-0.1, -0.05) is 44.0 Å². The van der Waals surface area contributed by atoms with Crippen LogP contribution in [-0.2, 0) is 10.5 Å². The maximum absolute atomic E-state index is 13.5. The molecule has 1 spiro atoms. The van der Waals surface area contributed by atoms with E-state index in [-0.39, 0.29) is 17.8 Å². The molecule has 3 aromatic carbocycles. The van der Waals surface area contributed by atoms with Gasteiger partial charge in [0.1, 0.15) is 11.6 Å². The van der Waals surface area contributed by atoms with E-state index in [0.717, 1.165) is 25.8 Å². The van der Waals surface area contributed by atoms with Gasteiger partial charge in [0.05, 0.1) is 23.0 Å². The number of hydrogen-bond donors (Lipinski definition) is 1. The van der Waals surface area contributed by atoms with Gasteiger partial charge in [0, 0.05) is 20.9 Å². The number of carbonyl (C=O) groups excluding carboxylic acids is 1. The number of nitrogens with zero attached hydrogens (tertiary/aromatic N) is 2. The fourth-order valence-corrected chi connectivity index (χ4v) is 5.24. The molecule has 154 valence electrons. The first kappa shape index (κ1) is 19.0. The van der Waals surface area contributed by atoms with Gasteiger partial charge < -0.3 is 10.1 Å². The van der Waals surface area contributed by atoms with Gasteiger partial charge >= 0.3 is 5.72 Å². The monoisotopic (exact) mass is 541 g/mol. The summed E-state index contributed by atoms with van der Waals surface area (Å²) in [4.78, 5) is 13.4. The predicted octanol–water partition coefficient (Wildman–Crippen LogP) is 5.70. The second kappa shape index (κ2) is 6.64. The quantitative estimate of drug-likeness (QED) is 0.429. The van der Waals surface area contributed by atoms with Gasteiger partial charge in [-0.05, 0) is 54.1 Å². The highest BCUT2D eigenvalue weighted by molar-refractivity contribution is 9.10. The van der Waals surface area contributed by atoms with E-state index < -0.39 is 5.72 Å². The van der Waals surface area contributed by atoms with Gasteiger partial charge in [0.15, 0.2) is 0 Å². The van der Waals surface area contributed by atoms with Gasteiger partial charge in [-0.25, -0.2) is 9.40 Å². The lowest BCUT2D eigenvalue weighted by Crippen LogP contribution is -2.55. The van der Waals surface area contributed by atoms with E-state index >= 15 is 0 Å². The van der Waals surface area contributed by atoms with Crippen molar-refractivity contribution in [1.29, 1.82) is 0 Å². The van der Waals surface area contributed by atoms with E-state index in [1.165, 1.54) is 12.1 Å². The van der Waals surface area contributed by atoms with Gasteiger partial charge in [0.25, 0.3) is 5.91 Å². The molecule has 3 aliphatic heterocycles. The standard InChI is InChI=1S/C23H14Br2FN3O2/c24-13-4-8-21-16(9-13)20-11-19(12-1-5-15(26)6-2-12)28-29(20)23(31-21)17-10-14(25)3-7-18(17)27-22(23)30/h1-10,20H,11H2,(H,27,30). The van der Waals surface area contributed by atoms with E-state index in [0.29, 0.717) is 23.4 Å². The summed E-state index contributed by atoms with van der Waals surface area (Å²) in [5, 5.41) is 9.57. The Kier molecular flexibility index (Phi) is 4.07. The first-order valence-electron chi connectivity index (χ1n) is 9.68. The minimum atomic E-state index is -1.42. The van der Waals surface area contributed by atoms with Gasteiger partial charge in [0.2, 0.25) is 0 Å². The first-order valence-corrected chi connectivity index (χ1v) is 11.3. The van der Waals surface area contributed by atoms with Crippen LogP contribution in [0.3, 0.4) is 0 Å². The smallest absolute Gasteiger partial charge is 0.306 e. The molecule has 0 saturated carbocycles. The first-order chi connectivity index (χ1) is 15.0. The maximum atomic E-state index is 13.5. The molecule has 2 atom stereocenters. The van der Waals surface area contributed by atoms with Crippen molar-refractivity contribution in [3.63, 3.8) is 0 Å². The highest BCUT2D eigenvalue weighted by Crippen LogP contribution is 2.54. The summed E-state index contributed by atoms with van der Waals surface area (Å²) in [5.74, 6) is 0.0503. The van der Waals surface area contributed by atoms with Crippen molar-refractivity contribution in [3.8, 4) is 5.75 Å². The molecular weight excluding hydrogens is 529 g/mol. The van der Waals surface area contributed by atoms with Crippen molar-refractivity contribution >= 4 is 49.2 Å². The number of anilines is 1. The van der Waals surface area contributed by atoms with E-state index in [4.69, 9.17) is 9.84 Å². The molecule has 6 rings (SSSR count). The molecule has 8 heteroatoms. The summed E-state index contributed by atoms with van der Waals surface area (Å²) < 4.78 is 21.7. The molecule has 0 aliphatic carbocycles. The lowest BCUT2D eigenvalue weighted by atomic mass is 9.92. The Hall–Kier alpha value is -2.71. The van der Waals surface area contributed by atoms with Crippen LogP contribution in [0.15, 0.2) is 74.7 Å². The van der Waals surface area contributed by atoms with Crippen LogP contribution in [0.1, 0.15) is 29.2 Å². The molecular formula is C23H14Br2FN3O2. The van der Waals surface area contributed by atoms with Crippen molar-refractivity contribution in [2.24, 2.45) is 5.10 Å². The summed E-state index contributed by atoms with van der Waals surface area (Å²) in [7, 11) is 0. The molecule has 0 radical (unpaired) electrons. The molecule has 1 N–H and O–H groups in total. The minimum Gasteiger partial charge on any atom is -0.453 e. The summed E-state index contributed by atoms with van der Waals surface area (Å²) in [6.45, 7) is 0. The third-order valence-electron chi connectivity index (χ3n) is 5.90. The summed E-state index contributed by atoms with van der Waals surface area (Å²) in [6, 6.07) is 17.4. The number of amides is 1. The molecule has 1 amide bonds. The van der Waals surface area contributed by atoms with E-state index in [2.05, 4.69) is 37.2 Å². The second-order valence-corrected chi connectivity index (χ2v) is 9.52.